The molecule has 0 fully saturated rings. The number of amides is 1. The number of nitrogens with one attached hydrogen (secondary N) is 1. The number of carboxylic acids is 1. The molecule has 0 aliphatic rings. The second-order valence-electron chi connectivity index (χ2n) is 3.31. The monoisotopic (exact) mass is 224 g/mol. The summed E-state index contributed by atoms with van der Waals surface area (Å²) in [5.41, 5.74) is -0.117. The number of aromatic amines is 1. The van der Waals surface area contributed by atoms with Crippen molar-refractivity contribution in [1.82, 2.24) is 9.88 Å². The minimum Gasteiger partial charge on any atom is -0.481 e. The van der Waals surface area contributed by atoms with E-state index in [0.717, 1.165) is 0 Å². The van der Waals surface area contributed by atoms with Gasteiger partial charge in [-0.1, -0.05) is 0 Å². The predicted molar refractivity (Wildman–Crippen MR) is 56.3 cm³/mol. The molecule has 1 rings (SSSR count). The van der Waals surface area contributed by atoms with Crippen molar-refractivity contribution in [2.24, 2.45) is 0 Å². The first-order valence-electron chi connectivity index (χ1n) is 4.66. The maximum atomic E-state index is 11.7. The van der Waals surface area contributed by atoms with Crippen LogP contribution in [0.3, 0.4) is 0 Å². The molecular weight excluding hydrogens is 212 g/mol. The Morgan fingerprint density at radius 3 is 2.75 bits per heavy atom. The lowest BCUT2D eigenvalue weighted by Gasteiger charge is -2.15. The van der Waals surface area contributed by atoms with Crippen molar-refractivity contribution in [2.75, 3.05) is 13.6 Å². The Hall–Kier alpha value is -2.11. The Morgan fingerprint density at radius 2 is 2.19 bits per heavy atom. The third-order valence-corrected chi connectivity index (χ3v) is 2.03. The van der Waals surface area contributed by atoms with Crippen LogP contribution in [0.1, 0.15) is 16.8 Å². The molecule has 0 radical (unpaired) electrons. The number of H-pyrrole nitrogens is 1. The zero-order valence-corrected chi connectivity index (χ0v) is 8.77. The van der Waals surface area contributed by atoms with E-state index >= 15 is 0 Å². The van der Waals surface area contributed by atoms with E-state index in [1.54, 1.807) is 0 Å². The van der Waals surface area contributed by atoms with Crippen LogP contribution in [0.25, 0.3) is 0 Å². The van der Waals surface area contributed by atoms with E-state index in [2.05, 4.69) is 4.98 Å². The largest absolute Gasteiger partial charge is 0.481 e. The van der Waals surface area contributed by atoms with E-state index in [4.69, 9.17) is 5.11 Å². The van der Waals surface area contributed by atoms with Gasteiger partial charge in [0.1, 0.15) is 0 Å². The molecule has 1 aromatic rings. The van der Waals surface area contributed by atoms with E-state index in [9.17, 15) is 14.4 Å². The van der Waals surface area contributed by atoms with E-state index in [1.807, 2.05) is 0 Å². The fourth-order valence-corrected chi connectivity index (χ4v) is 1.16. The Morgan fingerprint density at radius 1 is 1.50 bits per heavy atom. The molecular formula is C10H12N2O4. The number of hydrogen-bond donors (Lipinski definition) is 2. The third kappa shape index (κ3) is 3.23. The van der Waals surface area contributed by atoms with E-state index in [1.165, 1.54) is 30.3 Å². The van der Waals surface area contributed by atoms with E-state index in [0.29, 0.717) is 0 Å². The third-order valence-electron chi connectivity index (χ3n) is 2.03. The van der Waals surface area contributed by atoms with Gasteiger partial charge in [0.05, 0.1) is 6.42 Å². The number of aromatic nitrogens is 1. The van der Waals surface area contributed by atoms with Crippen LogP contribution in [0, 0.1) is 0 Å². The molecule has 0 saturated heterocycles. The van der Waals surface area contributed by atoms with Gasteiger partial charge in [0.15, 0.2) is 0 Å². The summed E-state index contributed by atoms with van der Waals surface area (Å²) in [5, 5.41) is 8.47. The smallest absolute Gasteiger partial charge is 0.305 e. The summed E-state index contributed by atoms with van der Waals surface area (Å²) in [5.74, 6) is -1.34. The molecule has 1 amide bonds. The molecule has 16 heavy (non-hydrogen) atoms. The van der Waals surface area contributed by atoms with Gasteiger partial charge in [0, 0.05) is 31.4 Å². The van der Waals surface area contributed by atoms with Gasteiger partial charge < -0.3 is 15.0 Å². The number of carbonyl (C=O) groups is 2. The van der Waals surface area contributed by atoms with E-state index in [-0.39, 0.29) is 30.0 Å². The van der Waals surface area contributed by atoms with Crippen LogP contribution in [-0.2, 0) is 4.79 Å². The molecule has 0 saturated carbocycles. The zero-order valence-electron chi connectivity index (χ0n) is 8.77. The minimum absolute atomic E-state index is 0.112. The maximum Gasteiger partial charge on any atom is 0.305 e. The molecule has 1 heterocycles. The van der Waals surface area contributed by atoms with Gasteiger partial charge in [-0.3, -0.25) is 14.4 Å². The molecule has 0 spiro atoms. The molecule has 0 aromatic carbocycles. The van der Waals surface area contributed by atoms with Gasteiger partial charge in [0.2, 0.25) is 5.56 Å². The number of pyridine rings is 1. The number of nitrogens with zero attached hydrogens (tertiary/aromatic N) is 1. The molecule has 0 unspecified atom stereocenters. The molecule has 6 heteroatoms. The first kappa shape index (κ1) is 12.0. The topological polar surface area (TPSA) is 90.5 Å². The summed E-state index contributed by atoms with van der Waals surface area (Å²) in [6.07, 6.45) is 1.26. The Labute approximate surface area is 91.5 Å². The molecule has 2 N–H and O–H groups in total. The van der Waals surface area contributed by atoms with Crippen molar-refractivity contribution < 1.29 is 14.7 Å². The molecule has 1 aromatic heterocycles. The van der Waals surface area contributed by atoms with Gasteiger partial charge in [0.25, 0.3) is 5.91 Å². The van der Waals surface area contributed by atoms with Crippen LogP contribution in [-0.4, -0.2) is 40.5 Å². The van der Waals surface area contributed by atoms with Crippen LogP contribution >= 0.6 is 0 Å². The molecule has 0 bridgehead atoms. The van der Waals surface area contributed by atoms with Crippen molar-refractivity contribution >= 4 is 11.9 Å². The SMILES string of the molecule is CN(CCC(=O)O)C(=O)c1cc[nH]c(=O)c1. The molecule has 86 valence electrons. The summed E-state index contributed by atoms with van der Waals surface area (Å²) in [6.45, 7) is 0.112. The second-order valence-corrected chi connectivity index (χ2v) is 3.31. The zero-order chi connectivity index (χ0) is 12.1. The van der Waals surface area contributed by atoms with E-state index < -0.39 is 5.97 Å². The van der Waals surface area contributed by atoms with Crippen molar-refractivity contribution in [3.05, 3.63) is 34.2 Å². The first-order valence-corrected chi connectivity index (χ1v) is 4.66. The van der Waals surface area contributed by atoms with Crippen molar-refractivity contribution in [3.8, 4) is 0 Å². The quantitative estimate of drug-likeness (QED) is 0.748. The van der Waals surface area contributed by atoms with Crippen LogP contribution < -0.4 is 5.56 Å². The Kier molecular flexibility index (Phi) is 3.82. The van der Waals surface area contributed by atoms with Crippen LogP contribution in [0.15, 0.2) is 23.1 Å². The summed E-state index contributed by atoms with van der Waals surface area (Å²) in [7, 11) is 1.49. The molecule has 0 aliphatic heterocycles. The number of aliphatic carboxylic acids is 1. The van der Waals surface area contributed by atoms with Gasteiger partial charge in [-0.05, 0) is 6.07 Å². The second kappa shape index (κ2) is 5.11. The average molecular weight is 224 g/mol. The van der Waals surface area contributed by atoms with Gasteiger partial charge >= 0.3 is 5.97 Å². The predicted octanol–water partition coefficient (Wildman–Crippen LogP) is -0.0784. The highest BCUT2D eigenvalue weighted by Gasteiger charge is 2.12. The summed E-state index contributed by atoms with van der Waals surface area (Å²) in [6, 6.07) is 2.65. The standard InChI is InChI=1S/C10H12N2O4/c1-12(5-3-9(14)15)10(16)7-2-4-11-8(13)6-7/h2,4,6H,3,5H2,1H3,(H,11,13)(H,14,15). The molecule has 0 aliphatic carbocycles. The average Bonchev–Trinajstić information content (AvgIpc) is 2.24. The normalized spacial score (nSPS) is 9.81. The fourth-order valence-electron chi connectivity index (χ4n) is 1.16. The number of rotatable bonds is 4. The minimum atomic E-state index is -0.967. The van der Waals surface area contributed by atoms with Crippen LogP contribution in [0.2, 0.25) is 0 Å². The Bertz CT molecular complexity index is 452. The highest BCUT2D eigenvalue weighted by atomic mass is 16.4. The molecule has 0 atom stereocenters. The highest BCUT2D eigenvalue weighted by Crippen LogP contribution is 2.00. The first-order chi connectivity index (χ1) is 7.50. The lowest BCUT2D eigenvalue weighted by atomic mass is 10.2. The maximum absolute atomic E-state index is 11.7. The number of carboxylic acid groups (broad SMARTS) is 1. The van der Waals surface area contributed by atoms with Gasteiger partial charge in [-0.2, -0.15) is 0 Å². The van der Waals surface area contributed by atoms with Crippen molar-refractivity contribution in [2.45, 2.75) is 6.42 Å². The van der Waals surface area contributed by atoms with Crippen molar-refractivity contribution in [3.63, 3.8) is 0 Å². The fraction of sp³-hybridized carbons (Fsp3) is 0.300. The highest BCUT2D eigenvalue weighted by molar-refractivity contribution is 5.94. The van der Waals surface area contributed by atoms with Crippen LogP contribution in [0.4, 0.5) is 0 Å². The lowest BCUT2D eigenvalue weighted by molar-refractivity contribution is -0.137. The summed E-state index contributed by atoms with van der Waals surface area (Å²) >= 11 is 0. The van der Waals surface area contributed by atoms with Crippen LogP contribution in [0.5, 0.6) is 0 Å². The van der Waals surface area contributed by atoms with Crippen molar-refractivity contribution in [1.29, 1.82) is 0 Å². The van der Waals surface area contributed by atoms with Gasteiger partial charge in [-0.25, -0.2) is 0 Å². The lowest BCUT2D eigenvalue weighted by Crippen LogP contribution is -2.29. The summed E-state index contributed by atoms with van der Waals surface area (Å²) in [4.78, 5) is 36.6. The number of hydrogen-bond acceptors (Lipinski definition) is 3. The number of carbonyl (C=O) groups excluding carboxylic acids is 1. The summed E-state index contributed by atoms with van der Waals surface area (Å²) < 4.78 is 0. The molecule has 6 nitrogen and oxygen atoms in total. The van der Waals surface area contributed by atoms with Gasteiger partial charge in [-0.15, -0.1) is 0 Å². The Balaban J connectivity index is 2.70.